The molecule has 3 N–H and O–H groups in total. The highest BCUT2D eigenvalue weighted by Crippen LogP contribution is 2.38. The summed E-state index contributed by atoms with van der Waals surface area (Å²) in [5.41, 5.74) is 6.65. The van der Waals surface area contributed by atoms with Crippen molar-refractivity contribution in [2.75, 3.05) is 6.61 Å². The Morgan fingerprint density at radius 3 is 3.08 bits per heavy atom. The van der Waals surface area contributed by atoms with Gasteiger partial charge in [0.2, 0.25) is 0 Å². The summed E-state index contributed by atoms with van der Waals surface area (Å²) in [6, 6.07) is 4.62. The second-order valence-electron chi connectivity index (χ2n) is 2.94. The van der Waals surface area contributed by atoms with Crippen molar-refractivity contribution in [1.29, 1.82) is 5.26 Å². The summed E-state index contributed by atoms with van der Waals surface area (Å²) >= 11 is 0. The molecule has 2 rings (SSSR count). The number of fused-ring (bicyclic) bond motifs is 1. The molecule has 1 aromatic rings. The summed E-state index contributed by atoms with van der Waals surface area (Å²) in [6.45, 7) is 0.359. The maximum Gasteiger partial charge on any atom is 0.129 e. The van der Waals surface area contributed by atoms with E-state index in [2.05, 4.69) is 0 Å². The molecular formula is C9H8N2O2. The lowest BCUT2D eigenvalue weighted by Gasteiger charge is -2.03. The van der Waals surface area contributed by atoms with Gasteiger partial charge in [0, 0.05) is 0 Å². The highest BCUT2D eigenvalue weighted by molar-refractivity contribution is 5.53. The topological polar surface area (TPSA) is 79.3 Å². The van der Waals surface area contributed by atoms with E-state index in [1.54, 1.807) is 6.07 Å². The van der Waals surface area contributed by atoms with Crippen molar-refractivity contribution >= 4 is 0 Å². The van der Waals surface area contributed by atoms with Gasteiger partial charge in [0.15, 0.2) is 0 Å². The summed E-state index contributed by atoms with van der Waals surface area (Å²) in [5, 5.41) is 18.1. The van der Waals surface area contributed by atoms with E-state index in [0.29, 0.717) is 23.5 Å². The fourth-order valence-corrected chi connectivity index (χ4v) is 1.43. The van der Waals surface area contributed by atoms with Crippen LogP contribution in [0.3, 0.4) is 0 Å². The molecule has 0 unspecified atom stereocenters. The number of phenolic OH excluding ortho intramolecular Hbond substituents is 1. The van der Waals surface area contributed by atoms with Crippen LogP contribution < -0.4 is 10.5 Å². The third-order valence-corrected chi connectivity index (χ3v) is 2.04. The molecule has 4 nitrogen and oxygen atoms in total. The van der Waals surface area contributed by atoms with Crippen LogP contribution in [0.15, 0.2) is 12.1 Å². The van der Waals surface area contributed by atoms with E-state index in [4.69, 9.17) is 15.7 Å². The molecule has 0 amide bonds. The predicted octanol–water partition coefficient (Wildman–Crippen LogP) is 0.656. The van der Waals surface area contributed by atoms with Gasteiger partial charge in [-0.3, -0.25) is 0 Å². The zero-order valence-corrected chi connectivity index (χ0v) is 6.82. The lowest BCUT2D eigenvalue weighted by molar-refractivity contribution is 0.333. The largest absolute Gasteiger partial charge is 0.507 e. The number of phenols is 1. The summed E-state index contributed by atoms with van der Waals surface area (Å²) < 4.78 is 5.20. The standard InChI is InChI=1S/C9H8N2O2/c10-3-5-1-7(12)9-6(11)4-13-8(9)2-5/h1-2,6,12H,4,11H2/t6-/m1/s1. The molecule has 0 aliphatic carbocycles. The van der Waals surface area contributed by atoms with Gasteiger partial charge in [-0.1, -0.05) is 0 Å². The second kappa shape index (κ2) is 2.64. The van der Waals surface area contributed by atoms with E-state index in [9.17, 15) is 5.11 Å². The van der Waals surface area contributed by atoms with Crippen molar-refractivity contribution in [2.45, 2.75) is 6.04 Å². The SMILES string of the molecule is N#Cc1cc(O)c2c(c1)OC[C@H]2N. The van der Waals surface area contributed by atoms with Crippen molar-refractivity contribution in [3.05, 3.63) is 23.3 Å². The van der Waals surface area contributed by atoms with Gasteiger partial charge in [0.25, 0.3) is 0 Å². The maximum absolute atomic E-state index is 9.50. The first-order chi connectivity index (χ1) is 6.22. The van der Waals surface area contributed by atoms with Crippen LogP contribution in [0.4, 0.5) is 0 Å². The minimum atomic E-state index is -0.289. The Balaban J connectivity index is 2.61. The normalized spacial score (nSPS) is 18.9. The van der Waals surface area contributed by atoms with Crippen LogP contribution in [0.25, 0.3) is 0 Å². The molecule has 13 heavy (non-hydrogen) atoms. The first-order valence-electron chi connectivity index (χ1n) is 3.87. The number of nitrogens with two attached hydrogens (primary N) is 1. The van der Waals surface area contributed by atoms with Gasteiger partial charge >= 0.3 is 0 Å². The van der Waals surface area contributed by atoms with Gasteiger partial charge in [-0.2, -0.15) is 5.26 Å². The Morgan fingerprint density at radius 2 is 2.38 bits per heavy atom. The van der Waals surface area contributed by atoms with Crippen molar-refractivity contribution in [2.24, 2.45) is 5.73 Å². The molecule has 1 heterocycles. The van der Waals surface area contributed by atoms with E-state index in [-0.39, 0.29) is 11.8 Å². The predicted molar refractivity (Wildman–Crippen MR) is 45.2 cm³/mol. The summed E-state index contributed by atoms with van der Waals surface area (Å²) in [6.07, 6.45) is 0. The van der Waals surface area contributed by atoms with Crippen LogP contribution in [-0.2, 0) is 0 Å². The van der Waals surface area contributed by atoms with Gasteiger partial charge in [0.1, 0.15) is 18.1 Å². The molecule has 0 saturated carbocycles. The summed E-state index contributed by atoms with van der Waals surface area (Å²) in [5.74, 6) is 0.558. The molecule has 4 heteroatoms. The highest BCUT2D eigenvalue weighted by atomic mass is 16.5. The Bertz CT molecular complexity index is 395. The third-order valence-electron chi connectivity index (χ3n) is 2.04. The molecule has 0 radical (unpaired) electrons. The van der Waals surface area contributed by atoms with E-state index in [1.807, 2.05) is 6.07 Å². The minimum absolute atomic E-state index is 0.0408. The Labute approximate surface area is 75.2 Å². The van der Waals surface area contributed by atoms with Crippen molar-refractivity contribution < 1.29 is 9.84 Å². The minimum Gasteiger partial charge on any atom is -0.507 e. The van der Waals surface area contributed by atoms with Gasteiger partial charge in [-0.05, 0) is 12.1 Å². The summed E-state index contributed by atoms with van der Waals surface area (Å²) in [7, 11) is 0. The number of ether oxygens (including phenoxy) is 1. The van der Waals surface area contributed by atoms with Crippen LogP contribution in [0.2, 0.25) is 0 Å². The molecular weight excluding hydrogens is 168 g/mol. The lowest BCUT2D eigenvalue weighted by atomic mass is 10.1. The Hall–Kier alpha value is -1.73. The zero-order valence-electron chi connectivity index (χ0n) is 6.82. The molecule has 1 aliphatic rings. The number of benzene rings is 1. The second-order valence-corrected chi connectivity index (χ2v) is 2.94. The van der Waals surface area contributed by atoms with Crippen molar-refractivity contribution in [3.8, 4) is 17.6 Å². The summed E-state index contributed by atoms with van der Waals surface area (Å²) in [4.78, 5) is 0. The molecule has 0 aromatic heterocycles. The van der Waals surface area contributed by atoms with Crippen LogP contribution in [-0.4, -0.2) is 11.7 Å². The molecule has 1 aliphatic heterocycles. The van der Waals surface area contributed by atoms with E-state index < -0.39 is 0 Å². The highest BCUT2D eigenvalue weighted by Gasteiger charge is 2.24. The van der Waals surface area contributed by atoms with Crippen LogP contribution in [0.5, 0.6) is 11.5 Å². The zero-order chi connectivity index (χ0) is 9.42. The molecule has 1 aromatic carbocycles. The number of nitriles is 1. The lowest BCUT2D eigenvalue weighted by Crippen LogP contribution is -2.10. The first-order valence-corrected chi connectivity index (χ1v) is 3.87. The molecule has 1 atom stereocenters. The smallest absolute Gasteiger partial charge is 0.129 e. The molecule has 0 saturated heterocycles. The van der Waals surface area contributed by atoms with E-state index in [0.717, 1.165) is 0 Å². The number of rotatable bonds is 0. The van der Waals surface area contributed by atoms with Crippen LogP contribution >= 0.6 is 0 Å². The van der Waals surface area contributed by atoms with Crippen LogP contribution in [0.1, 0.15) is 17.2 Å². The Kier molecular flexibility index (Phi) is 1.61. The van der Waals surface area contributed by atoms with E-state index >= 15 is 0 Å². The molecule has 66 valence electrons. The average molecular weight is 176 g/mol. The van der Waals surface area contributed by atoms with E-state index in [1.165, 1.54) is 6.07 Å². The monoisotopic (exact) mass is 176 g/mol. The quantitative estimate of drug-likeness (QED) is 0.608. The van der Waals surface area contributed by atoms with Gasteiger partial charge in [-0.15, -0.1) is 0 Å². The number of aromatic hydroxyl groups is 1. The molecule has 0 fully saturated rings. The fraction of sp³-hybridized carbons (Fsp3) is 0.222. The maximum atomic E-state index is 9.50. The molecule has 0 spiro atoms. The molecule has 0 bridgehead atoms. The number of hydrogen-bond donors (Lipinski definition) is 2. The van der Waals surface area contributed by atoms with Gasteiger partial charge in [0.05, 0.1) is 23.2 Å². The fourth-order valence-electron chi connectivity index (χ4n) is 1.43. The van der Waals surface area contributed by atoms with Gasteiger partial charge < -0.3 is 15.6 Å². The number of hydrogen-bond acceptors (Lipinski definition) is 4. The number of nitrogens with zero attached hydrogens (tertiary/aromatic N) is 1. The average Bonchev–Trinajstić information content (AvgIpc) is 2.48. The van der Waals surface area contributed by atoms with Crippen molar-refractivity contribution in [1.82, 2.24) is 0 Å². The van der Waals surface area contributed by atoms with Crippen molar-refractivity contribution in [3.63, 3.8) is 0 Å². The van der Waals surface area contributed by atoms with Crippen LogP contribution in [0, 0.1) is 11.3 Å². The Morgan fingerprint density at radius 1 is 1.62 bits per heavy atom. The third kappa shape index (κ3) is 1.10. The first kappa shape index (κ1) is 7.90. The van der Waals surface area contributed by atoms with Gasteiger partial charge in [-0.25, -0.2) is 0 Å².